The maximum Gasteiger partial charge on any atom is 0.225 e. The fourth-order valence-corrected chi connectivity index (χ4v) is 3.84. The van der Waals surface area contributed by atoms with E-state index >= 15 is 0 Å². The molecule has 0 saturated carbocycles. The number of aromatic nitrogens is 4. The first-order valence-electron chi connectivity index (χ1n) is 7.06. The number of halogens is 1. The molecule has 0 radical (unpaired) electrons. The molecule has 0 unspecified atom stereocenters. The van der Waals surface area contributed by atoms with Crippen molar-refractivity contribution >= 4 is 33.2 Å². The van der Waals surface area contributed by atoms with E-state index in [1.54, 1.807) is 11.3 Å². The second kappa shape index (κ2) is 5.39. The summed E-state index contributed by atoms with van der Waals surface area (Å²) in [6, 6.07) is 2.15. The molecule has 110 valence electrons. The van der Waals surface area contributed by atoms with Gasteiger partial charge in [0.15, 0.2) is 5.82 Å². The molecule has 3 aromatic heterocycles. The number of hydrogen-bond donors (Lipinski definition) is 0. The van der Waals surface area contributed by atoms with E-state index in [1.807, 2.05) is 11.6 Å². The molecule has 0 N–H and O–H groups in total. The van der Waals surface area contributed by atoms with Crippen molar-refractivity contribution in [3.05, 3.63) is 33.2 Å². The second-order valence-corrected chi connectivity index (χ2v) is 6.47. The van der Waals surface area contributed by atoms with Gasteiger partial charge < -0.3 is 0 Å². The lowest BCUT2D eigenvalue weighted by Gasteiger charge is -2.05. The molecular weight excluding hydrogens is 304 g/mol. The summed E-state index contributed by atoms with van der Waals surface area (Å²) in [5, 5.41) is 5.94. The average Bonchev–Trinajstić information content (AvgIpc) is 2.98. The largest absolute Gasteiger partial charge is 0.225 e. The molecule has 0 fully saturated rings. The molecule has 4 nitrogen and oxygen atoms in total. The van der Waals surface area contributed by atoms with Crippen LogP contribution in [0.4, 0.5) is 0 Å². The molecule has 0 atom stereocenters. The number of hydrogen-bond acceptors (Lipinski definition) is 4. The van der Waals surface area contributed by atoms with Crippen molar-refractivity contribution in [1.29, 1.82) is 0 Å². The number of thiophene rings is 1. The van der Waals surface area contributed by atoms with E-state index in [0.29, 0.717) is 0 Å². The number of rotatable bonds is 3. The standard InChI is InChI=1S/C15H17ClN4S/c1-5-10-7-12-13(17-15(16)18-14(12)21-10)20-9(4)11(6-2)8(3)19-20/h7H,5-6H2,1-4H3. The van der Waals surface area contributed by atoms with Gasteiger partial charge in [0.2, 0.25) is 5.28 Å². The van der Waals surface area contributed by atoms with Crippen molar-refractivity contribution in [3.63, 3.8) is 0 Å². The van der Waals surface area contributed by atoms with Gasteiger partial charge in [0.25, 0.3) is 0 Å². The fraction of sp³-hybridized carbons (Fsp3) is 0.400. The summed E-state index contributed by atoms with van der Waals surface area (Å²) in [7, 11) is 0. The fourth-order valence-electron chi connectivity index (χ4n) is 2.66. The highest BCUT2D eigenvalue weighted by molar-refractivity contribution is 7.18. The van der Waals surface area contributed by atoms with Crippen LogP contribution in [0.1, 0.15) is 35.7 Å². The van der Waals surface area contributed by atoms with Crippen LogP contribution in [-0.2, 0) is 12.8 Å². The van der Waals surface area contributed by atoms with E-state index in [4.69, 9.17) is 11.6 Å². The molecule has 0 aromatic carbocycles. The molecule has 0 amide bonds. The molecule has 3 heterocycles. The van der Waals surface area contributed by atoms with Crippen LogP contribution < -0.4 is 0 Å². The number of fused-ring (bicyclic) bond motifs is 1. The summed E-state index contributed by atoms with van der Waals surface area (Å²) in [5.41, 5.74) is 3.43. The van der Waals surface area contributed by atoms with Gasteiger partial charge in [-0.3, -0.25) is 0 Å². The lowest BCUT2D eigenvalue weighted by Crippen LogP contribution is -2.04. The topological polar surface area (TPSA) is 43.6 Å². The van der Waals surface area contributed by atoms with Crippen molar-refractivity contribution in [2.24, 2.45) is 0 Å². The minimum Gasteiger partial charge on any atom is -0.218 e. The normalized spacial score (nSPS) is 11.5. The Morgan fingerprint density at radius 1 is 1.19 bits per heavy atom. The van der Waals surface area contributed by atoms with Crippen LogP contribution in [0.5, 0.6) is 0 Å². The third kappa shape index (κ3) is 2.34. The minimum atomic E-state index is 0.271. The Hall–Kier alpha value is -1.46. The summed E-state index contributed by atoms with van der Waals surface area (Å²) in [4.78, 5) is 11.0. The van der Waals surface area contributed by atoms with Gasteiger partial charge in [0.05, 0.1) is 11.1 Å². The Kier molecular flexibility index (Phi) is 3.71. The molecule has 0 aliphatic heterocycles. The Morgan fingerprint density at radius 3 is 2.57 bits per heavy atom. The maximum absolute atomic E-state index is 6.10. The number of nitrogens with zero attached hydrogens (tertiary/aromatic N) is 4. The van der Waals surface area contributed by atoms with Gasteiger partial charge in [0.1, 0.15) is 4.83 Å². The van der Waals surface area contributed by atoms with Crippen LogP contribution in [0, 0.1) is 13.8 Å². The minimum absolute atomic E-state index is 0.271. The van der Waals surface area contributed by atoms with E-state index in [9.17, 15) is 0 Å². The third-order valence-corrected chi connectivity index (χ3v) is 5.08. The maximum atomic E-state index is 6.10. The Balaban J connectivity index is 2.31. The molecular formula is C15H17ClN4S. The van der Waals surface area contributed by atoms with Crippen LogP contribution in [0.3, 0.4) is 0 Å². The van der Waals surface area contributed by atoms with Crippen LogP contribution in [0.25, 0.3) is 16.0 Å². The van der Waals surface area contributed by atoms with Crippen molar-refractivity contribution in [2.75, 3.05) is 0 Å². The van der Waals surface area contributed by atoms with Crippen LogP contribution in [0.2, 0.25) is 5.28 Å². The molecule has 0 aliphatic rings. The van der Waals surface area contributed by atoms with E-state index < -0.39 is 0 Å². The summed E-state index contributed by atoms with van der Waals surface area (Å²) in [5.74, 6) is 0.779. The predicted molar refractivity (Wildman–Crippen MR) is 87.8 cm³/mol. The summed E-state index contributed by atoms with van der Waals surface area (Å²) in [6.07, 6.45) is 1.94. The van der Waals surface area contributed by atoms with Gasteiger partial charge in [-0.15, -0.1) is 11.3 Å². The highest BCUT2D eigenvalue weighted by atomic mass is 35.5. The van der Waals surface area contributed by atoms with E-state index in [-0.39, 0.29) is 5.28 Å². The van der Waals surface area contributed by atoms with Crippen LogP contribution in [0.15, 0.2) is 6.07 Å². The zero-order chi connectivity index (χ0) is 15.1. The van der Waals surface area contributed by atoms with Gasteiger partial charge >= 0.3 is 0 Å². The molecule has 21 heavy (non-hydrogen) atoms. The summed E-state index contributed by atoms with van der Waals surface area (Å²) in [6.45, 7) is 8.39. The quantitative estimate of drug-likeness (QED) is 0.677. The summed E-state index contributed by atoms with van der Waals surface area (Å²) < 4.78 is 1.90. The highest BCUT2D eigenvalue weighted by Gasteiger charge is 2.17. The smallest absolute Gasteiger partial charge is 0.218 e. The van der Waals surface area contributed by atoms with Gasteiger partial charge in [-0.25, -0.2) is 9.67 Å². The third-order valence-electron chi connectivity index (χ3n) is 3.74. The lowest BCUT2D eigenvalue weighted by atomic mass is 10.1. The van der Waals surface area contributed by atoms with Crippen molar-refractivity contribution < 1.29 is 0 Å². The van der Waals surface area contributed by atoms with Gasteiger partial charge in [-0.05, 0) is 49.9 Å². The highest BCUT2D eigenvalue weighted by Crippen LogP contribution is 2.30. The van der Waals surface area contributed by atoms with Crippen molar-refractivity contribution in [1.82, 2.24) is 19.7 Å². The van der Waals surface area contributed by atoms with E-state index in [2.05, 4.69) is 41.9 Å². The zero-order valence-electron chi connectivity index (χ0n) is 12.6. The lowest BCUT2D eigenvalue weighted by molar-refractivity contribution is 0.810. The Labute approximate surface area is 132 Å². The second-order valence-electron chi connectivity index (χ2n) is 5.02. The van der Waals surface area contributed by atoms with Crippen molar-refractivity contribution in [2.45, 2.75) is 40.5 Å². The zero-order valence-corrected chi connectivity index (χ0v) is 14.1. The van der Waals surface area contributed by atoms with E-state index in [1.165, 1.54) is 10.4 Å². The first-order valence-corrected chi connectivity index (χ1v) is 8.26. The first kappa shape index (κ1) is 14.5. The van der Waals surface area contributed by atoms with E-state index in [0.717, 1.165) is 40.3 Å². The molecule has 0 spiro atoms. The molecule has 6 heteroatoms. The molecule has 3 rings (SSSR count). The molecule has 0 aliphatic carbocycles. The molecule has 0 bridgehead atoms. The SMILES string of the molecule is CCc1cc2c(-n3nc(C)c(CC)c3C)nc(Cl)nc2s1. The first-order chi connectivity index (χ1) is 10.0. The molecule has 0 saturated heterocycles. The van der Waals surface area contributed by atoms with Crippen LogP contribution in [-0.4, -0.2) is 19.7 Å². The van der Waals surface area contributed by atoms with Gasteiger partial charge in [-0.1, -0.05) is 13.8 Å². The number of aryl methyl sites for hydroxylation is 2. The molecule has 3 aromatic rings. The Bertz CT molecular complexity index is 819. The average molecular weight is 321 g/mol. The predicted octanol–water partition coefficient (Wildman–Crippen LogP) is 4.27. The van der Waals surface area contributed by atoms with Crippen molar-refractivity contribution in [3.8, 4) is 5.82 Å². The Morgan fingerprint density at radius 2 is 1.95 bits per heavy atom. The summed E-state index contributed by atoms with van der Waals surface area (Å²) >= 11 is 7.77. The van der Waals surface area contributed by atoms with Crippen LogP contribution >= 0.6 is 22.9 Å². The monoisotopic (exact) mass is 320 g/mol. The van der Waals surface area contributed by atoms with Gasteiger partial charge in [0, 0.05) is 10.6 Å². The van der Waals surface area contributed by atoms with Gasteiger partial charge in [-0.2, -0.15) is 10.1 Å².